The molecular formula is C21H19FN6O. The van der Waals surface area contributed by atoms with Crippen molar-refractivity contribution in [2.75, 3.05) is 17.6 Å². The highest BCUT2D eigenvalue weighted by Gasteiger charge is 2.16. The summed E-state index contributed by atoms with van der Waals surface area (Å²) >= 11 is 0. The Morgan fingerprint density at radius 2 is 2.07 bits per heavy atom. The van der Waals surface area contributed by atoms with E-state index in [-0.39, 0.29) is 11.6 Å². The zero-order chi connectivity index (χ0) is 20.4. The van der Waals surface area contributed by atoms with Crippen LogP contribution in [-0.4, -0.2) is 21.3 Å². The zero-order valence-electron chi connectivity index (χ0n) is 15.8. The lowest BCUT2D eigenvalue weighted by Gasteiger charge is -2.05. The number of nitrogens with one attached hydrogen (secondary N) is 1. The van der Waals surface area contributed by atoms with Crippen LogP contribution < -0.4 is 11.1 Å². The lowest BCUT2D eigenvalue weighted by molar-refractivity contribution is 0.578. The summed E-state index contributed by atoms with van der Waals surface area (Å²) in [5.74, 6) is 1.50. The smallest absolute Gasteiger partial charge is 0.145 e. The van der Waals surface area contributed by atoms with Crippen LogP contribution in [0, 0.1) is 24.1 Å². The number of hydrogen-bond acceptors (Lipinski definition) is 6. The number of rotatable bonds is 6. The fourth-order valence-corrected chi connectivity index (χ4v) is 3.25. The normalized spacial score (nSPS) is 10.9. The van der Waals surface area contributed by atoms with Crippen LogP contribution in [0.25, 0.3) is 16.7 Å². The zero-order valence-corrected chi connectivity index (χ0v) is 15.8. The summed E-state index contributed by atoms with van der Waals surface area (Å²) < 4.78 is 20.2. The van der Waals surface area contributed by atoms with E-state index in [4.69, 9.17) is 10.2 Å². The maximum atomic E-state index is 13.2. The Morgan fingerprint density at radius 3 is 2.83 bits per heavy atom. The molecule has 3 heterocycles. The second-order valence-corrected chi connectivity index (χ2v) is 6.67. The van der Waals surface area contributed by atoms with Gasteiger partial charge in [-0.15, -0.1) is 0 Å². The quantitative estimate of drug-likeness (QED) is 0.483. The van der Waals surface area contributed by atoms with Crippen molar-refractivity contribution in [3.8, 4) is 11.8 Å². The molecule has 7 nitrogen and oxygen atoms in total. The van der Waals surface area contributed by atoms with Crippen LogP contribution in [0.5, 0.6) is 0 Å². The number of hydrogen-bond donors (Lipinski definition) is 2. The van der Waals surface area contributed by atoms with Crippen LogP contribution in [0.2, 0.25) is 0 Å². The van der Waals surface area contributed by atoms with Crippen molar-refractivity contribution >= 4 is 22.6 Å². The van der Waals surface area contributed by atoms with E-state index in [1.807, 2.05) is 19.1 Å². The number of nitrogens with zero attached hydrogens (tertiary/aromatic N) is 4. The molecule has 146 valence electrons. The molecule has 4 rings (SSSR count). The highest BCUT2D eigenvalue weighted by molar-refractivity contribution is 5.88. The van der Waals surface area contributed by atoms with E-state index in [0.29, 0.717) is 29.9 Å². The van der Waals surface area contributed by atoms with Gasteiger partial charge in [0.1, 0.15) is 40.4 Å². The maximum absolute atomic E-state index is 13.2. The topological polar surface area (TPSA) is 106 Å². The van der Waals surface area contributed by atoms with E-state index in [1.165, 1.54) is 16.8 Å². The number of nitrogens with two attached hydrogens (primary N) is 1. The standard InChI is InChI=1S/C21H19FN6O/c1-13-11-16-19(29-13)8-10-26-21(16)25-9-2-3-18-17(12-23)20(24)28(27-18)15-6-4-14(22)5-7-15/h4-8,10-11H,2-3,9,24H2,1H3,(H,25,26). The Bertz CT molecular complexity index is 1200. The van der Waals surface area contributed by atoms with Crippen molar-refractivity contribution in [2.24, 2.45) is 0 Å². The Balaban J connectivity index is 1.46. The number of fused-ring (bicyclic) bond motifs is 1. The summed E-state index contributed by atoms with van der Waals surface area (Å²) in [6.45, 7) is 2.54. The van der Waals surface area contributed by atoms with Gasteiger partial charge in [0.05, 0.1) is 16.8 Å². The Labute approximate surface area is 166 Å². The number of pyridine rings is 1. The number of nitrogen functional groups attached to an aromatic ring is 1. The molecule has 0 amide bonds. The van der Waals surface area contributed by atoms with E-state index < -0.39 is 0 Å². The molecule has 0 saturated carbocycles. The van der Waals surface area contributed by atoms with Crippen molar-refractivity contribution < 1.29 is 8.81 Å². The minimum Gasteiger partial charge on any atom is -0.461 e. The number of halogens is 1. The van der Waals surface area contributed by atoms with Gasteiger partial charge in [-0.05, 0) is 56.2 Å². The van der Waals surface area contributed by atoms with Gasteiger partial charge in [-0.1, -0.05) is 0 Å². The molecule has 0 atom stereocenters. The third kappa shape index (κ3) is 3.62. The molecule has 0 bridgehead atoms. The summed E-state index contributed by atoms with van der Waals surface area (Å²) in [5.41, 5.74) is 8.45. The Hall–Kier alpha value is -3.86. The molecule has 3 N–H and O–H groups in total. The summed E-state index contributed by atoms with van der Waals surface area (Å²) in [7, 11) is 0. The highest BCUT2D eigenvalue weighted by Crippen LogP contribution is 2.25. The molecule has 0 saturated heterocycles. The molecule has 0 aliphatic carbocycles. The molecule has 0 radical (unpaired) electrons. The van der Waals surface area contributed by atoms with Crippen LogP contribution in [0.3, 0.4) is 0 Å². The predicted molar refractivity (Wildman–Crippen MR) is 108 cm³/mol. The third-order valence-electron chi connectivity index (χ3n) is 4.63. The first-order valence-electron chi connectivity index (χ1n) is 9.19. The number of nitriles is 1. The molecule has 0 aliphatic rings. The molecule has 0 fully saturated rings. The fourth-order valence-electron chi connectivity index (χ4n) is 3.25. The molecule has 8 heteroatoms. The van der Waals surface area contributed by atoms with Gasteiger partial charge in [-0.3, -0.25) is 0 Å². The first kappa shape index (κ1) is 18.5. The first-order valence-corrected chi connectivity index (χ1v) is 9.19. The second-order valence-electron chi connectivity index (χ2n) is 6.67. The van der Waals surface area contributed by atoms with Crippen LogP contribution in [0.15, 0.2) is 47.0 Å². The summed E-state index contributed by atoms with van der Waals surface area (Å²) in [6, 6.07) is 11.7. The van der Waals surface area contributed by atoms with Gasteiger partial charge in [0.25, 0.3) is 0 Å². The van der Waals surface area contributed by atoms with Crippen LogP contribution >= 0.6 is 0 Å². The SMILES string of the molecule is Cc1cc2c(NCCCc3nn(-c4ccc(F)cc4)c(N)c3C#N)nccc2o1. The minimum absolute atomic E-state index is 0.252. The lowest BCUT2D eigenvalue weighted by atomic mass is 10.1. The fraction of sp³-hybridized carbons (Fsp3) is 0.190. The largest absolute Gasteiger partial charge is 0.461 e. The number of anilines is 2. The van der Waals surface area contributed by atoms with E-state index in [1.54, 1.807) is 18.3 Å². The van der Waals surface area contributed by atoms with Gasteiger partial charge in [0, 0.05) is 12.7 Å². The van der Waals surface area contributed by atoms with Crippen molar-refractivity contribution in [1.82, 2.24) is 14.8 Å². The summed E-state index contributed by atoms with van der Waals surface area (Å²) in [4.78, 5) is 4.37. The monoisotopic (exact) mass is 390 g/mol. The number of furan rings is 1. The average Bonchev–Trinajstić information content (AvgIpc) is 3.25. The average molecular weight is 390 g/mol. The van der Waals surface area contributed by atoms with Gasteiger partial charge in [-0.2, -0.15) is 10.4 Å². The maximum Gasteiger partial charge on any atom is 0.145 e. The second kappa shape index (κ2) is 7.64. The molecule has 3 aromatic heterocycles. The van der Waals surface area contributed by atoms with Gasteiger partial charge in [0.2, 0.25) is 0 Å². The molecular weight excluding hydrogens is 371 g/mol. The molecule has 0 unspecified atom stereocenters. The molecule has 0 spiro atoms. The lowest BCUT2D eigenvalue weighted by Crippen LogP contribution is -2.05. The number of aryl methyl sites for hydroxylation is 2. The minimum atomic E-state index is -0.345. The van der Waals surface area contributed by atoms with E-state index in [9.17, 15) is 9.65 Å². The van der Waals surface area contributed by atoms with Crippen LogP contribution in [-0.2, 0) is 6.42 Å². The van der Waals surface area contributed by atoms with E-state index in [0.717, 1.165) is 29.0 Å². The van der Waals surface area contributed by atoms with Gasteiger partial charge < -0.3 is 15.5 Å². The third-order valence-corrected chi connectivity index (χ3v) is 4.63. The van der Waals surface area contributed by atoms with E-state index >= 15 is 0 Å². The Morgan fingerprint density at radius 1 is 1.28 bits per heavy atom. The van der Waals surface area contributed by atoms with Crippen molar-refractivity contribution in [3.05, 3.63) is 65.4 Å². The highest BCUT2D eigenvalue weighted by atomic mass is 19.1. The molecule has 0 aliphatic heterocycles. The molecule has 1 aromatic carbocycles. The van der Waals surface area contributed by atoms with Crippen molar-refractivity contribution in [2.45, 2.75) is 19.8 Å². The molecule has 29 heavy (non-hydrogen) atoms. The van der Waals surface area contributed by atoms with Crippen molar-refractivity contribution in [1.29, 1.82) is 5.26 Å². The van der Waals surface area contributed by atoms with Gasteiger partial charge in [-0.25, -0.2) is 14.1 Å². The Kier molecular flexibility index (Phi) is 4.87. The number of aromatic nitrogens is 3. The van der Waals surface area contributed by atoms with Crippen LogP contribution in [0.4, 0.5) is 16.0 Å². The van der Waals surface area contributed by atoms with E-state index in [2.05, 4.69) is 21.5 Å². The summed E-state index contributed by atoms with van der Waals surface area (Å²) in [6.07, 6.45) is 2.99. The molecule has 4 aromatic rings. The van der Waals surface area contributed by atoms with Gasteiger partial charge >= 0.3 is 0 Å². The first-order chi connectivity index (χ1) is 14.1. The predicted octanol–water partition coefficient (Wildman–Crippen LogP) is 3.96. The number of benzene rings is 1. The van der Waals surface area contributed by atoms with Crippen molar-refractivity contribution in [3.63, 3.8) is 0 Å². The van der Waals surface area contributed by atoms with Gasteiger partial charge in [0.15, 0.2) is 0 Å². The summed E-state index contributed by atoms with van der Waals surface area (Å²) in [5, 5.41) is 18.2. The van der Waals surface area contributed by atoms with Crippen LogP contribution in [0.1, 0.15) is 23.4 Å².